The maximum absolute atomic E-state index is 4.95. The molecule has 2 aromatic rings. The van der Waals surface area contributed by atoms with Crippen LogP contribution in [0.5, 0.6) is 0 Å². The quantitative estimate of drug-likeness (QED) is 0.726. The fraction of sp³-hybridized carbons (Fsp3) is 0.400. The summed E-state index contributed by atoms with van der Waals surface area (Å²) in [7, 11) is 1.70. The fourth-order valence-corrected chi connectivity index (χ4v) is 1.34. The molecular weight excluding hydrogens is 192 g/mol. The van der Waals surface area contributed by atoms with E-state index in [1.54, 1.807) is 13.3 Å². The first-order valence-electron chi connectivity index (χ1n) is 4.93. The van der Waals surface area contributed by atoms with E-state index in [2.05, 4.69) is 20.3 Å². The van der Waals surface area contributed by atoms with E-state index in [4.69, 9.17) is 4.74 Å². The van der Waals surface area contributed by atoms with E-state index in [0.29, 0.717) is 5.95 Å². The Bertz CT molecular complexity index is 426. The average Bonchev–Trinajstić information content (AvgIpc) is 2.71. The van der Waals surface area contributed by atoms with Crippen LogP contribution in [0.15, 0.2) is 18.5 Å². The topological polar surface area (TPSA) is 62.8 Å². The number of H-pyrrole nitrogens is 1. The van der Waals surface area contributed by atoms with Crippen LogP contribution in [0.2, 0.25) is 0 Å². The first kappa shape index (κ1) is 9.92. The van der Waals surface area contributed by atoms with Crippen LogP contribution >= 0.6 is 0 Å². The number of hydrogen-bond donors (Lipinski definition) is 2. The Morgan fingerprint density at radius 2 is 2.47 bits per heavy atom. The van der Waals surface area contributed by atoms with Gasteiger partial charge in [-0.2, -0.15) is 4.98 Å². The number of hydrogen-bond acceptors (Lipinski definition) is 4. The molecule has 5 nitrogen and oxygen atoms in total. The van der Waals surface area contributed by atoms with Crippen molar-refractivity contribution < 1.29 is 4.74 Å². The Morgan fingerprint density at radius 3 is 3.33 bits per heavy atom. The van der Waals surface area contributed by atoms with Crippen LogP contribution in [0.4, 0.5) is 5.95 Å². The molecule has 80 valence electrons. The summed E-state index contributed by atoms with van der Waals surface area (Å²) in [5.41, 5.74) is 0.860. The van der Waals surface area contributed by atoms with Crippen molar-refractivity contribution in [3.63, 3.8) is 0 Å². The highest BCUT2D eigenvalue weighted by molar-refractivity contribution is 5.75. The number of fused-ring (bicyclic) bond motifs is 1. The number of ether oxygens (including phenoxy) is 1. The molecule has 5 heteroatoms. The maximum atomic E-state index is 4.95. The molecule has 0 bridgehead atoms. The molecule has 0 aliphatic heterocycles. The van der Waals surface area contributed by atoms with Gasteiger partial charge in [-0.05, 0) is 12.5 Å². The van der Waals surface area contributed by atoms with Gasteiger partial charge in [0.1, 0.15) is 5.65 Å². The Labute approximate surface area is 87.9 Å². The van der Waals surface area contributed by atoms with Gasteiger partial charge < -0.3 is 15.0 Å². The minimum absolute atomic E-state index is 0.654. The number of anilines is 1. The average molecular weight is 206 g/mol. The van der Waals surface area contributed by atoms with E-state index < -0.39 is 0 Å². The highest BCUT2D eigenvalue weighted by Crippen LogP contribution is 2.09. The number of aromatic nitrogens is 3. The van der Waals surface area contributed by atoms with E-state index in [1.165, 1.54) is 0 Å². The third-order valence-corrected chi connectivity index (χ3v) is 2.11. The zero-order valence-corrected chi connectivity index (χ0v) is 8.66. The van der Waals surface area contributed by atoms with Gasteiger partial charge in [0.15, 0.2) is 0 Å². The predicted molar refractivity (Wildman–Crippen MR) is 58.9 cm³/mol. The van der Waals surface area contributed by atoms with Gasteiger partial charge in [0.05, 0.1) is 0 Å². The molecule has 0 atom stereocenters. The molecule has 2 aromatic heterocycles. The van der Waals surface area contributed by atoms with Gasteiger partial charge in [0.25, 0.3) is 0 Å². The van der Waals surface area contributed by atoms with Crippen molar-refractivity contribution >= 4 is 17.0 Å². The number of aromatic amines is 1. The molecule has 0 amide bonds. The highest BCUT2D eigenvalue weighted by Gasteiger charge is 1.99. The summed E-state index contributed by atoms with van der Waals surface area (Å²) in [6.45, 7) is 1.57. The van der Waals surface area contributed by atoms with Gasteiger partial charge in [0.2, 0.25) is 5.95 Å². The van der Waals surface area contributed by atoms with E-state index >= 15 is 0 Å². The third-order valence-electron chi connectivity index (χ3n) is 2.11. The van der Waals surface area contributed by atoms with Crippen molar-refractivity contribution in [1.29, 1.82) is 0 Å². The van der Waals surface area contributed by atoms with Gasteiger partial charge in [-0.1, -0.05) is 0 Å². The molecule has 0 fully saturated rings. The molecule has 0 aromatic carbocycles. The third kappa shape index (κ3) is 2.44. The molecule has 2 rings (SSSR count). The van der Waals surface area contributed by atoms with Gasteiger partial charge in [-0.15, -0.1) is 0 Å². The van der Waals surface area contributed by atoms with Crippen molar-refractivity contribution in [2.45, 2.75) is 6.42 Å². The number of rotatable bonds is 5. The van der Waals surface area contributed by atoms with Crippen molar-refractivity contribution in [2.75, 3.05) is 25.6 Å². The lowest BCUT2D eigenvalue weighted by atomic mass is 10.4. The zero-order chi connectivity index (χ0) is 10.5. The molecule has 2 N–H and O–H groups in total. The normalized spacial score (nSPS) is 10.7. The van der Waals surface area contributed by atoms with E-state index in [0.717, 1.165) is 30.6 Å². The van der Waals surface area contributed by atoms with Gasteiger partial charge in [-0.3, -0.25) is 0 Å². The lowest BCUT2D eigenvalue weighted by molar-refractivity contribution is 0.197. The Hall–Kier alpha value is -1.62. The summed E-state index contributed by atoms with van der Waals surface area (Å²) in [6.07, 6.45) is 4.61. The van der Waals surface area contributed by atoms with Gasteiger partial charge in [0, 0.05) is 38.0 Å². The van der Waals surface area contributed by atoms with Crippen molar-refractivity contribution in [2.24, 2.45) is 0 Å². The number of nitrogens with one attached hydrogen (secondary N) is 2. The summed E-state index contributed by atoms with van der Waals surface area (Å²) in [5.74, 6) is 0.654. The second-order valence-corrected chi connectivity index (χ2v) is 3.25. The SMILES string of the molecule is COCCCNc1ncc2cc[nH]c2n1. The molecule has 0 aliphatic rings. The first-order valence-corrected chi connectivity index (χ1v) is 4.93. The minimum Gasteiger partial charge on any atom is -0.385 e. The van der Waals surface area contributed by atoms with Crippen molar-refractivity contribution in [3.05, 3.63) is 18.5 Å². The maximum Gasteiger partial charge on any atom is 0.224 e. The highest BCUT2D eigenvalue weighted by atomic mass is 16.5. The zero-order valence-electron chi connectivity index (χ0n) is 8.66. The second-order valence-electron chi connectivity index (χ2n) is 3.25. The van der Waals surface area contributed by atoms with Crippen LogP contribution in [0, 0.1) is 0 Å². The number of methoxy groups -OCH3 is 1. The second kappa shape index (κ2) is 4.75. The van der Waals surface area contributed by atoms with Crippen LogP contribution in [-0.4, -0.2) is 35.2 Å². The fourth-order valence-electron chi connectivity index (χ4n) is 1.34. The monoisotopic (exact) mass is 206 g/mol. The Morgan fingerprint density at radius 1 is 1.53 bits per heavy atom. The van der Waals surface area contributed by atoms with Crippen LogP contribution < -0.4 is 5.32 Å². The molecule has 0 radical (unpaired) electrons. The molecule has 15 heavy (non-hydrogen) atoms. The summed E-state index contributed by atoms with van der Waals surface area (Å²) in [6, 6.07) is 1.95. The van der Waals surface area contributed by atoms with Crippen LogP contribution in [-0.2, 0) is 4.74 Å². The van der Waals surface area contributed by atoms with Crippen LogP contribution in [0.1, 0.15) is 6.42 Å². The molecular formula is C10H14N4O. The lowest BCUT2D eigenvalue weighted by Gasteiger charge is -2.03. The Kier molecular flexibility index (Phi) is 3.14. The molecule has 0 aliphatic carbocycles. The Balaban J connectivity index is 1.96. The first-order chi connectivity index (χ1) is 7.40. The molecule has 0 saturated carbocycles. The lowest BCUT2D eigenvalue weighted by Crippen LogP contribution is -2.07. The summed E-state index contributed by atoms with van der Waals surface area (Å²) >= 11 is 0. The molecule has 0 spiro atoms. The van der Waals surface area contributed by atoms with Crippen LogP contribution in [0.3, 0.4) is 0 Å². The van der Waals surface area contributed by atoms with E-state index in [9.17, 15) is 0 Å². The largest absolute Gasteiger partial charge is 0.385 e. The molecule has 2 heterocycles. The standard InChI is InChI=1S/C10H14N4O/c1-15-6-2-4-12-10-13-7-8-3-5-11-9(8)14-10/h3,5,7H,2,4,6H2,1H3,(H2,11,12,13,14). The smallest absolute Gasteiger partial charge is 0.224 e. The summed E-state index contributed by atoms with van der Waals surface area (Å²) in [5, 5.41) is 4.16. The van der Waals surface area contributed by atoms with Gasteiger partial charge in [-0.25, -0.2) is 4.98 Å². The minimum atomic E-state index is 0.654. The predicted octanol–water partition coefficient (Wildman–Crippen LogP) is 1.41. The van der Waals surface area contributed by atoms with Gasteiger partial charge >= 0.3 is 0 Å². The number of nitrogens with zero attached hydrogens (tertiary/aromatic N) is 2. The van der Waals surface area contributed by atoms with E-state index in [-0.39, 0.29) is 0 Å². The van der Waals surface area contributed by atoms with Crippen LogP contribution in [0.25, 0.3) is 11.0 Å². The van der Waals surface area contributed by atoms with Crippen molar-refractivity contribution in [3.8, 4) is 0 Å². The molecule has 0 saturated heterocycles. The summed E-state index contributed by atoms with van der Waals surface area (Å²) in [4.78, 5) is 11.6. The summed E-state index contributed by atoms with van der Waals surface area (Å²) < 4.78 is 4.95. The van der Waals surface area contributed by atoms with E-state index in [1.807, 2.05) is 12.3 Å². The molecule has 0 unspecified atom stereocenters. The van der Waals surface area contributed by atoms with Crippen molar-refractivity contribution in [1.82, 2.24) is 15.0 Å².